The van der Waals surface area contributed by atoms with Crippen molar-refractivity contribution in [3.8, 4) is 0 Å². The summed E-state index contributed by atoms with van der Waals surface area (Å²) < 4.78 is 0. The minimum atomic E-state index is -0.682. The maximum absolute atomic E-state index is 13.7. The number of halogens is 2. The Labute approximate surface area is 228 Å². The van der Waals surface area contributed by atoms with E-state index in [1.165, 1.54) is 11.8 Å². The van der Waals surface area contributed by atoms with Gasteiger partial charge in [0.2, 0.25) is 11.8 Å². The average molecular weight is 544 g/mol. The summed E-state index contributed by atoms with van der Waals surface area (Å²) in [5, 5.41) is 4.08. The van der Waals surface area contributed by atoms with Gasteiger partial charge in [0.15, 0.2) is 0 Å². The van der Waals surface area contributed by atoms with Crippen LogP contribution in [-0.2, 0) is 28.3 Å². The molecule has 0 radical (unpaired) electrons. The molecule has 0 fully saturated rings. The highest BCUT2D eigenvalue weighted by Crippen LogP contribution is 2.25. The van der Waals surface area contributed by atoms with Gasteiger partial charge >= 0.3 is 0 Å². The van der Waals surface area contributed by atoms with E-state index in [1.807, 2.05) is 80.6 Å². The summed E-state index contributed by atoms with van der Waals surface area (Å²) >= 11 is 14.1. The van der Waals surface area contributed by atoms with Gasteiger partial charge in [-0.15, -0.1) is 11.8 Å². The Hall–Kier alpha value is -2.47. The zero-order valence-electron chi connectivity index (χ0n) is 20.6. The topological polar surface area (TPSA) is 49.4 Å². The zero-order chi connectivity index (χ0) is 25.9. The number of nitrogens with one attached hydrogen (secondary N) is 1. The van der Waals surface area contributed by atoms with E-state index >= 15 is 0 Å². The average Bonchev–Trinajstić information content (AvgIpc) is 2.88. The molecule has 0 spiro atoms. The molecule has 0 saturated carbocycles. The van der Waals surface area contributed by atoms with E-state index in [1.54, 1.807) is 17.0 Å². The van der Waals surface area contributed by atoms with Crippen LogP contribution in [-0.4, -0.2) is 34.6 Å². The molecular weight excluding hydrogens is 511 g/mol. The summed E-state index contributed by atoms with van der Waals surface area (Å²) in [6, 6.07) is 24.4. The first-order chi connectivity index (χ1) is 17.4. The monoisotopic (exact) mass is 542 g/mol. The lowest BCUT2D eigenvalue weighted by Crippen LogP contribution is -2.52. The molecular formula is C29H32Cl2N2O2S. The number of carbonyl (C=O) groups excluding carboxylic acids is 2. The van der Waals surface area contributed by atoms with Crippen LogP contribution in [0.5, 0.6) is 0 Å². The smallest absolute Gasteiger partial charge is 0.243 e. The van der Waals surface area contributed by atoms with Crippen molar-refractivity contribution in [3.63, 3.8) is 0 Å². The van der Waals surface area contributed by atoms with Gasteiger partial charge in [0.1, 0.15) is 6.04 Å². The first-order valence-electron chi connectivity index (χ1n) is 12.1. The third-order valence-corrected chi connectivity index (χ3v) is 7.54. The Morgan fingerprint density at radius 1 is 0.944 bits per heavy atom. The van der Waals surface area contributed by atoms with Gasteiger partial charge in [0.05, 0.1) is 5.75 Å². The number of hydrogen-bond donors (Lipinski definition) is 1. The fourth-order valence-electron chi connectivity index (χ4n) is 3.74. The second kappa shape index (κ2) is 14.3. The van der Waals surface area contributed by atoms with Crippen molar-refractivity contribution in [2.75, 3.05) is 5.75 Å². The molecule has 0 bridgehead atoms. The Balaban J connectivity index is 1.89. The molecule has 4 nitrogen and oxygen atoms in total. The molecule has 3 rings (SSSR count). The molecule has 0 aromatic heterocycles. The first kappa shape index (κ1) is 28.1. The molecule has 2 amide bonds. The third kappa shape index (κ3) is 8.58. The van der Waals surface area contributed by atoms with Crippen molar-refractivity contribution in [3.05, 3.63) is 106 Å². The Morgan fingerprint density at radius 2 is 1.58 bits per heavy atom. The first-order valence-corrected chi connectivity index (χ1v) is 14.0. The van der Waals surface area contributed by atoms with E-state index in [9.17, 15) is 9.59 Å². The molecule has 3 aromatic carbocycles. The fraction of sp³-hybridized carbons (Fsp3) is 0.310. The van der Waals surface area contributed by atoms with Crippen molar-refractivity contribution in [2.45, 2.75) is 51.1 Å². The van der Waals surface area contributed by atoms with Crippen LogP contribution < -0.4 is 5.32 Å². The van der Waals surface area contributed by atoms with E-state index in [-0.39, 0.29) is 30.2 Å². The second-order valence-corrected chi connectivity index (χ2v) is 10.6. The molecule has 1 N–H and O–H groups in total. The van der Waals surface area contributed by atoms with Gasteiger partial charge in [0.25, 0.3) is 0 Å². The van der Waals surface area contributed by atoms with Crippen LogP contribution >= 0.6 is 35.0 Å². The van der Waals surface area contributed by atoms with Gasteiger partial charge in [0, 0.05) is 34.8 Å². The molecule has 0 heterocycles. The summed E-state index contributed by atoms with van der Waals surface area (Å²) in [6.07, 6.45) is 1.21. The minimum absolute atomic E-state index is 0.000647. The van der Waals surface area contributed by atoms with Gasteiger partial charge in [-0.1, -0.05) is 96.9 Å². The van der Waals surface area contributed by atoms with Crippen molar-refractivity contribution >= 4 is 46.8 Å². The molecule has 36 heavy (non-hydrogen) atoms. The Kier molecular flexibility index (Phi) is 11.2. The highest BCUT2D eigenvalue weighted by Gasteiger charge is 2.31. The van der Waals surface area contributed by atoms with Crippen molar-refractivity contribution in [2.24, 2.45) is 0 Å². The SMILES string of the molecule is CC[C@@H](C)NC(=O)[C@@H](Cc1ccccc1)N(Cc1ccc(Cl)cc1Cl)C(=O)CSCc1ccccc1. The number of carbonyl (C=O) groups is 2. The van der Waals surface area contributed by atoms with E-state index in [4.69, 9.17) is 23.2 Å². The highest BCUT2D eigenvalue weighted by atomic mass is 35.5. The van der Waals surface area contributed by atoms with Crippen LogP contribution in [0.1, 0.15) is 37.0 Å². The van der Waals surface area contributed by atoms with Crippen LogP contribution in [0.4, 0.5) is 0 Å². The lowest BCUT2D eigenvalue weighted by atomic mass is 10.0. The Morgan fingerprint density at radius 3 is 2.19 bits per heavy atom. The summed E-state index contributed by atoms with van der Waals surface area (Å²) in [5.41, 5.74) is 2.88. The van der Waals surface area contributed by atoms with Gasteiger partial charge in [-0.2, -0.15) is 0 Å². The lowest BCUT2D eigenvalue weighted by molar-refractivity contribution is -0.139. The zero-order valence-corrected chi connectivity index (χ0v) is 23.0. The van der Waals surface area contributed by atoms with Crippen LogP contribution in [0.3, 0.4) is 0 Å². The molecule has 0 aliphatic rings. The van der Waals surface area contributed by atoms with Crippen molar-refractivity contribution in [1.29, 1.82) is 0 Å². The second-order valence-electron chi connectivity index (χ2n) is 8.76. The summed E-state index contributed by atoms with van der Waals surface area (Å²) in [5.74, 6) is 0.689. The Bertz CT molecular complexity index is 1130. The molecule has 0 aliphatic heterocycles. The number of nitrogens with zero attached hydrogens (tertiary/aromatic N) is 1. The largest absolute Gasteiger partial charge is 0.352 e. The van der Waals surface area contributed by atoms with E-state index in [2.05, 4.69) is 5.32 Å². The number of thioether (sulfide) groups is 1. The number of rotatable bonds is 12. The van der Waals surface area contributed by atoms with Crippen LogP contribution in [0.15, 0.2) is 78.9 Å². The number of benzene rings is 3. The van der Waals surface area contributed by atoms with Gasteiger partial charge < -0.3 is 10.2 Å². The highest BCUT2D eigenvalue weighted by molar-refractivity contribution is 7.99. The predicted molar refractivity (Wildman–Crippen MR) is 151 cm³/mol. The van der Waals surface area contributed by atoms with Crippen LogP contribution in [0.25, 0.3) is 0 Å². The summed E-state index contributed by atoms with van der Waals surface area (Å²) in [6.45, 7) is 4.20. The molecule has 7 heteroatoms. The minimum Gasteiger partial charge on any atom is -0.352 e. The molecule has 190 valence electrons. The molecule has 3 aromatic rings. The third-order valence-electron chi connectivity index (χ3n) is 5.97. The lowest BCUT2D eigenvalue weighted by Gasteiger charge is -2.32. The van der Waals surface area contributed by atoms with Gasteiger partial charge in [-0.25, -0.2) is 0 Å². The number of amides is 2. The number of hydrogen-bond acceptors (Lipinski definition) is 3. The van der Waals surface area contributed by atoms with E-state index in [0.717, 1.165) is 23.1 Å². The molecule has 0 unspecified atom stereocenters. The van der Waals surface area contributed by atoms with Gasteiger partial charge in [-0.05, 0) is 42.2 Å². The standard InChI is InChI=1S/C29H32Cl2N2O2S/c1-3-21(2)32-29(35)27(16-22-10-6-4-7-11-22)33(18-24-14-15-25(30)17-26(24)31)28(34)20-36-19-23-12-8-5-9-13-23/h4-15,17,21,27H,3,16,18-20H2,1-2H3,(H,32,35)/t21-,27-/m1/s1. The van der Waals surface area contributed by atoms with Crippen LogP contribution in [0, 0.1) is 0 Å². The predicted octanol–water partition coefficient (Wildman–Crippen LogP) is 6.78. The van der Waals surface area contributed by atoms with Gasteiger partial charge in [-0.3, -0.25) is 9.59 Å². The molecule has 0 saturated heterocycles. The molecule has 0 aliphatic carbocycles. The van der Waals surface area contributed by atoms with E-state index in [0.29, 0.717) is 22.2 Å². The van der Waals surface area contributed by atoms with E-state index < -0.39 is 6.04 Å². The van der Waals surface area contributed by atoms with Crippen LogP contribution in [0.2, 0.25) is 10.0 Å². The van der Waals surface area contributed by atoms with Crippen molar-refractivity contribution in [1.82, 2.24) is 10.2 Å². The maximum atomic E-state index is 13.7. The summed E-state index contributed by atoms with van der Waals surface area (Å²) in [4.78, 5) is 28.8. The molecule has 2 atom stereocenters. The van der Waals surface area contributed by atoms with Crippen molar-refractivity contribution < 1.29 is 9.59 Å². The summed E-state index contributed by atoms with van der Waals surface area (Å²) in [7, 11) is 0. The normalized spacial score (nSPS) is 12.6. The fourth-order valence-corrected chi connectivity index (χ4v) is 5.08. The maximum Gasteiger partial charge on any atom is 0.243 e. The quantitative estimate of drug-likeness (QED) is 0.274.